The van der Waals surface area contributed by atoms with Gasteiger partial charge in [-0.25, -0.2) is 4.98 Å². The van der Waals surface area contributed by atoms with Crippen LogP contribution in [0.2, 0.25) is 0 Å². The van der Waals surface area contributed by atoms with Crippen LogP contribution in [0.5, 0.6) is 5.75 Å². The third kappa shape index (κ3) is 3.65. The van der Waals surface area contributed by atoms with Gasteiger partial charge in [0.15, 0.2) is 5.13 Å². The normalized spacial score (nSPS) is 18.7. The first kappa shape index (κ1) is 16.2. The van der Waals surface area contributed by atoms with Crippen LogP contribution in [-0.2, 0) is 0 Å². The minimum absolute atomic E-state index is 0.0850. The molecule has 0 saturated carbocycles. The molecule has 2 atom stereocenters. The van der Waals surface area contributed by atoms with Crippen LogP contribution < -0.4 is 9.64 Å². The van der Waals surface area contributed by atoms with Crippen molar-refractivity contribution in [3.8, 4) is 5.75 Å². The van der Waals surface area contributed by atoms with Gasteiger partial charge in [0.05, 0.1) is 13.2 Å². The highest BCUT2D eigenvalue weighted by atomic mass is 32.1. The summed E-state index contributed by atoms with van der Waals surface area (Å²) in [5, 5.41) is 13.8. The predicted molar refractivity (Wildman–Crippen MR) is 93.3 cm³/mol. The standard InChI is InChI=1S/C17H23N3O2S/c1-13(16(21)14-3-5-15(22-2)6-4-14)19-8-10-20(11-9-19)17-18-7-12-23-17/h3-7,12-13,16,21H,8-11H2,1-2H3/t13-,16+/m0/s1. The third-order valence-electron chi connectivity index (χ3n) is 4.49. The van der Waals surface area contributed by atoms with Crippen molar-refractivity contribution in [2.75, 3.05) is 38.2 Å². The van der Waals surface area contributed by atoms with E-state index in [9.17, 15) is 5.11 Å². The van der Waals surface area contributed by atoms with Gasteiger partial charge in [0, 0.05) is 43.8 Å². The van der Waals surface area contributed by atoms with Gasteiger partial charge < -0.3 is 14.7 Å². The van der Waals surface area contributed by atoms with Crippen molar-refractivity contribution in [2.24, 2.45) is 0 Å². The molecule has 1 fully saturated rings. The highest BCUT2D eigenvalue weighted by molar-refractivity contribution is 7.13. The summed E-state index contributed by atoms with van der Waals surface area (Å²) in [5.41, 5.74) is 0.931. The van der Waals surface area contributed by atoms with Crippen molar-refractivity contribution >= 4 is 16.5 Å². The molecule has 1 aromatic heterocycles. The highest BCUT2D eigenvalue weighted by Gasteiger charge is 2.27. The molecule has 0 radical (unpaired) electrons. The number of methoxy groups -OCH3 is 1. The van der Waals surface area contributed by atoms with Gasteiger partial charge in [0.25, 0.3) is 0 Å². The van der Waals surface area contributed by atoms with Crippen LogP contribution in [0.15, 0.2) is 35.8 Å². The Hall–Kier alpha value is -1.63. The van der Waals surface area contributed by atoms with E-state index < -0.39 is 6.10 Å². The van der Waals surface area contributed by atoms with Crippen LogP contribution in [-0.4, -0.2) is 54.3 Å². The lowest BCUT2D eigenvalue weighted by Gasteiger charge is -2.39. The number of benzene rings is 1. The number of piperazine rings is 1. The number of ether oxygens (including phenoxy) is 1. The van der Waals surface area contributed by atoms with Crippen LogP contribution in [0.3, 0.4) is 0 Å². The molecule has 124 valence electrons. The smallest absolute Gasteiger partial charge is 0.185 e. The molecule has 1 N–H and O–H groups in total. The van der Waals surface area contributed by atoms with Crippen molar-refractivity contribution in [3.05, 3.63) is 41.4 Å². The maximum Gasteiger partial charge on any atom is 0.185 e. The van der Waals surface area contributed by atoms with E-state index in [1.165, 1.54) is 0 Å². The van der Waals surface area contributed by atoms with E-state index in [4.69, 9.17) is 4.74 Å². The van der Waals surface area contributed by atoms with Gasteiger partial charge in [-0.05, 0) is 24.6 Å². The molecule has 1 saturated heterocycles. The molecule has 6 heteroatoms. The number of rotatable bonds is 5. The SMILES string of the molecule is COc1ccc([C@H](O)[C@H](C)N2CCN(c3nccs3)CC2)cc1. The quantitative estimate of drug-likeness (QED) is 0.910. The predicted octanol–water partition coefficient (Wildman–Crippen LogP) is 2.40. The zero-order valence-corrected chi connectivity index (χ0v) is 14.4. The second-order valence-corrected chi connectivity index (χ2v) is 6.67. The minimum atomic E-state index is -0.493. The van der Waals surface area contributed by atoms with Gasteiger partial charge in [-0.1, -0.05) is 12.1 Å². The van der Waals surface area contributed by atoms with Gasteiger partial charge in [0.1, 0.15) is 5.75 Å². The maximum atomic E-state index is 10.6. The van der Waals surface area contributed by atoms with Crippen LogP contribution >= 0.6 is 11.3 Å². The number of nitrogens with zero attached hydrogens (tertiary/aromatic N) is 3. The fraction of sp³-hybridized carbons (Fsp3) is 0.471. The lowest BCUT2D eigenvalue weighted by molar-refractivity contribution is 0.0545. The molecule has 0 aliphatic carbocycles. The summed E-state index contributed by atoms with van der Waals surface area (Å²) in [5.74, 6) is 0.811. The fourth-order valence-corrected chi connectivity index (χ4v) is 3.67. The van der Waals surface area contributed by atoms with E-state index in [0.717, 1.165) is 42.6 Å². The molecule has 0 spiro atoms. The second-order valence-electron chi connectivity index (χ2n) is 5.80. The summed E-state index contributed by atoms with van der Waals surface area (Å²) in [6.45, 7) is 5.87. The van der Waals surface area contributed by atoms with Gasteiger partial charge >= 0.3 is 0 Å². The van der Waals surface area contributed by atoms with E-state index >= 15 is 0 Å². The average Bonchev–Trinajstić information content (AvgIpc) is 3.15. The molecule has 3 rings (SSSR count). The Bertz CT molecular complexity index is 595. The van der Waals surface area contributed by atoms with Crippen molar-refractivity contribution < 1.29 is 9.84 Å². The van der Waals surface area contributed by atoms with Crippen LogP contribution in [0, 0.1) is 0 Å². The first-order valence-electron chi connectivity index (χ1n) is 7.89. The zero-order valence-electron chi connectivity index (χ0n) is 13.6. The first-order chi connectivity index (χ1) is 11.2. The zero-order chi connectivity index (χ0) is 16.2. The topological polar surface area (TPSA) is 48.8 Å². The van der Waals surface area contributed by atoms with Gasteiger partial charge in [-0.2, -0.15) is 0 Å². The molecule has 5 nitrogen and oxygen atoms in total. The Balaban J connectivity index is 1.58. The number of thiazole rings is 1. The fourth-order valence-electron chi connectivity index (χ4n) is 2.97. The van der Waals surface area contributed by atoms with Gasteiger partial charge in [0.2, 0.25) is 0 Å². The summed E-state index contributed by atoms with van der Waals surface area (Å²) in [4.78, 5) is 9.03. The molecular formula is C17H23N3O2S. The van der Waals surface area contributed by atoms with Crippen LogP contribution in [0.1, 0.15) is 18.6 Å². The number of aliphatic hydroxyl groups is 1. The average molecular weight is 333 g/mol. The van der Waals surface area contributed by atoms with E-state index in [1.54, 1.807) is 18.4 Å². The van der Waals surface area contributed by atoms with Crippen molar-refractivity contribution in [1.82, 2.24) is 9.88 Å². The largest absolute Gasteiger partial charge is 0.497 e. The lowest BCUT2D eigenvalue weighted by atomic mass is 10.0. The molecule has 1 aliphatic heterocycles. The Morgan fingerprint density at radius 2 is 1.87 bits per heavy atom. The Morgan fingerprint density at radius 1 is 1.17 bits per heavy atom. The molecule has 1 aromatic carbocycles. The highest BCUT2D eigenvalue weighted by Crippen LogP contribution is 2.25. The Morgan fingerprint density at radius 3 is 2.43 bits per heavy atom. The molecular weight excluding hydrogens is 310 g/mol. The number of hydrogen-bond donors (Lipinski definition) is 1. The second kappa shape index (κ2) is 7.29. The number of hydrogen-bond acceptors (Lipinski definition) is 6. The van der Waals surface area contributed by atoms with Crippen molar-refractivity contribution in [2.45, 2.75) is 19.1 Å². The third-order valence-corrected chi connectivity index (χ3v) is 5.33. The van der Waals surface area contributed by atoms with Crippen LogP contribution in [0.25, 0.3) is 0 Å². The van der Waals surface area contributed by atoms with E-state index in [2.05, 4.69) is 21.7 Å². The van der Waals surface area contributed by atoms with Gasteiger partial charge in [-0.3, -0.25) is 4.90 Å². The summed E-state index contributed by atoms with van der Waals surface area (Å²) in [6.07, 6.45) is 1.36. The summed E-state index contributed by atoms with van der Waals surface area (Å²) < 4.78 is 5.17. The minimum Gasteiger partial charge on any atom is -0.497 e. The molecule has 0 amide bonds. The molecule has 2 aromatic rings. The number of anilines is 1. The molecule has 2 heterocycles. The molecule has 1 aliphatic rings. The number of aliphatic hydroxyl groups excluding tert-OH is 1. The lowest BCUT2D eigenvalue weighted by Crippen LogP contribution is -2.51. The van der Waals surface area contributed by atoms with E-state index in [1.807, 2.05) is 35.8 Å². The van der Waals surface area contributed by atoms with Crippen molar-refractivity contribution in [1.29, 1.82) is 0 Å². The van der Waals surface area contributed by atoms with Gasteiger partial charge in [-0.15, -0.1) is 11.3 Å². The number of aromatic nitrogens is 1. The van der Waals surface area contributed by atoms with E-state index in [0.29, 0.717) is 0 Å². The van der Waals surface area contributed by atoms with Crippen molar-refractivity contribution in [3.63, 3.8) is 0 Å². The summed E-state index contributed by atoms with van der Waals surface area (Å²) in [6, 6.07) is 7.75. The molecule has 0 bridgehead atoms. The van der Waals surface area contributed by atoms with Crippen LogP contribution in [0.4, 0.5) is 5.13 Å². The molecule has 0 unspecified atom stereocenters. The Labute approximate surface area is 141 Å². The maximum absolute atomic E-state index is 10.6. The molecule has 23 heavy (non-hydrogen) atoms. The first-order valence-corrected chi connectivity index (χ1v) is 8.77. The van der Waals surface area contributed by atoms with E-state index in [-0.39, 0.29) is 6.04 Å². The Kier molecular flexibility index (Phi) is 5.15. The summed E-state index contributed by atoms with van der Waals surface area (Å²) in [7, 11) is 1.65. The summed E-state index contributed by atoms with van der Waals surface area (Å²) >= 11 is 1.68. The monoisotopic (exact) mass is 333 g/mol.